The van der Waals surface area contributed by atoms with Gasteiger partial charge >= 0.3 is 12.3 Å². The van der Waals surface area contributed by atoms with Crippen molar-refractivity contribution in [3.63, 3.8) is 0 Å². The van der Waals surface area contributed by atoms with Crippen LogP contribution in [0.4, 0.5) is 34.1 Å². The highest BCUT2D eigenvalue weighted by atomic mass is 19.4. The van der Waals surface area contributed by atoms with Crippen LogP contribution in [0, 0.1) is 5.92 Å². The van der Waals surface area contributed by atoms with Crippen LogP contribution in [0.15, 0.2) is 24.5 Å². The van der Waals surface area contributed by atoms with E-state index in [2.05, 4.69) is 30.8 Å². The molecule has 1 amide bonds. The van der Waals surface area contributed by atoms with Crippen LogP contribution in [-0.2, 0) is 11.2 Å². The molecule has 13 heteroatoms. The lowest BCUT2D eigenvalue weighted by Gasteiger charge is -2.61. The van der Waals surface area contributed by atoms with Crippen LogP contribution in [0.3, 0.4) is 0 Å². The number of amides is 1. The second-order valence-electron chi connectivity index (χ2n) is 9.81. The highest BCUT2D eigenvalue weighted by Gasteiger charge is 2.58. The Morgan fingerprint density at radius 3 is 2.80 bits per heavy atom. The van der Waals surface area contributed by atoms with Gasteiger partial charge in [-0.1, -0.05) is 0 Å². The molecule has 0 unspecified atom stereocenters. The number of halogens is 4. The summed E-state index contributed by atoms with van der Waals surface area (Å²) in [7, 11) is 0. The van der Waals surface area contributed by atoms with Gasteiger partial charge in [-0.25, -0.2) is 19.2 Å². The molecule has 2 bridgehead atoms. The standard InChI is InChI=1S/C22H23F4N7O2/c23-18-13(1-2-15(18)35-20(34)30-21-6-11(7-21)8-21)14-5-16(32-31-14)29-19-27-4-3-17-28-12(10-33(17)19)9-22(24,25)26/h3-5,10-11,13,15,18H,1-2,6-9H2,(H,30,34)(H2,27,29,31,32)/t11?,13-,15-,18-,21?/m0/s1. The molecule has 9 nitrogen and oxygen atoms in total. The SMILES string of the molecule is O=C(NC12CC(C1)C2)O[C@H]1CC[C@@H](c2cc(Nc3nccc4nc(CC(F)(F)F)cn34)n[nH]2)[C@@H]1F. The van der Waals surface area contributed by atoms with Crippen molar-refractivity contribution in [1.29, 1.82) is 0 Å². The lowest BCUT2D eigenvalue weighted by atomic mass is 9.50. The fourth-order valence-electron chi connectivity index (χ4n) is 5.44. The summed E-state index contributed by atoms with van der Waals surface area (Å²) in [5.41, 5.74) is 0.567. The van der Waals surface area contributed by atoms with Gasteiger partial charge in [-0.3, -0.25) is 9.50 Å². The predicted molar refractivity (Wildman–Crippen MR) is 115 cm³/mol. The highest BCUT2D eigenvalue weighted by Crippen LogP contribution is 2.57. The van der Waals surface area contributed by atoms with Crippen molar-refractivity contribution >= 4 is 23.5 Å². The Labute approximate surface area is 196 Å². The van der Waals surface area contributed by atoms with Crippen LogP contribution in [0.1, 0.15) is 49.4 Å². The number of carbonyl (C=O) groups is 1. The third-order valence-corrected chi connectivity index (χ3v) is 7.22. The Bertz CT molecular complexity index is 1260. The predicted octanol–water partition coefficient (Wildman–Crippen LogP) is 4.16. The first-order valence-electron chi connectivity index (χ1n) is 11.5. The lowest BCUT2D eigenvalue weighted by molar-refractivity contribution is -0.127. The summed E-state index contributed by atoms with van der Waals surface area (Å²) in [6.45, 7) is 0. The maximum absolute atomic E-state index is 15.1. The summed E-state index contributed by atoms with van der Waals surface area (Å²) in [4.78, 5) is 20.4. The second-order valence-corrected chi connectivity index (χ2v) is 9.81. The third kappa shape index (κ3) is 4.16. The fourth-order valence-corrected chi connectivity index (χ4v) is 5.44. The third-order valence-electron chi connectivity index (χ3n) is 7.22. The number of fused-ring (bicyclic) bond motifs is 1. The molecule has 3 heterocycles. The Morgan fingerprint density at radius 2 is 2.09 bits per heavy atom. The van der Waals surface area contributed by atoms with E-state index in [0.717, 1.165) is 19.3 Å². The van der Waals surface area contributed by atoms with Crippen LogP contribution >= 0.6 is 0 Å². The Kier molecular flexibility index (Phi) is 4.94. The first-order chi connectivity index (χ1) is 16.7. The van der Waals surface area contributed by atoms with Crippen molar-refractivity contribution in [2.24, 2.45) is 5.92 Å². The first-order valence-corrected chi connectivity index (χ1v) is 11.5. The first kappa shape index (κ1) is 22.1. The minimum Gasteiger partial charge on any atom is -0.443 e. The number of aromatic amines is 1. The maximum atomic E-state index is 15.1. The summed E-state index contributed by atoms with van der Waals surface area (Å²) < 4.78 is 60.1. The zero-order chi connectivity index (χ0) is 24.4. The Morgan fingerprint density at radius 1 is 1.29 bits per heavy atom. The van der Waals surface area contributed by atoms with Crippen LogP contribution in [0.2, 0.25) is 0 Å². The van der Waals surface area contributed by atoms with Crippen LogP contribution in [0.5, 0.6) is 0 Å². The van der Waals surface area contributed by atoms with Gasteiger partial charge in [-0.15, -0.1) is 0 Å². The number of H-pyrrole nitrogens is 1. The van der Waals surface area contributed by atoms with Gasteiger partial charge in [0.15, 0.2) is 5.82 Å². The molecule has 4 aliphatic carbocycles. The van der Waals surface area contributed by atoms with Gasteiger partial charge in [0, 0.05) is 35.6 Å². The average Bonchev–Trinajstić information content (AvgIpc) is 3.42. The van der Waals surface area contributed by atoms with E-state index in [1.807, 2.05) is 0 Å². The molecular weight excluding hydrogens is 470 g/mol. The minimum absolute atomic E-state index is 0.130. The molecule has 4 aliphatic rings. The Hall–Kier alpha value is -3.38. The number of rotatable bonds is 6. The van der Waals surface area contributed by atoms with Crippen LogP contribution < -0.4 is 10.6 Å². The van der Waals surface area contributed by atoms with Crippen molar-refractivity contribution in [1.82, 2.24) is 29.9 Å². The maximum Gasteiger partial charge on any atom is 0.407 e. The molecule has 3 atom stereocenters. The van der Waals surface area contributed by atoms with E-state index < -0.39 is 36.9 Å². The molecule has 4 saturated carbocycles. The lowest BCUT2D eigenvalue weighted by Crippen LogP contribution is -2.68. The molecule has 0 aromatic carbocycles. The molecule has 4 fully saturated rings. The van der Waals surface area contributed by atoms with Crippen molar-refractivity contribution < 1.29 is 27.1 Å². The molecule has 3 aromatic rings. The van der Waals surface area contributed by atoms with Crippen LogP contribution in [0.25, 0.3) is 5.65 Å². The van der Waals surface area contributed by atoms with Gasteiger partial charge in [-0.2, -0.15) is 18.3 Å². The monoisotopic (exact) mass is 493 g/mol. The number of imidazole rings is 1. The number of ether oxygens (including phenoxy) is 1. The molecular formula is C22H23F4N7O2. The molecule has 0 saturated heterocycles. The summed E-state index contributed by atoms with van der Waals surface area (Å²) in [6.07, 6.45) is -1.82. The molecule has 7 rings (SSSR count). The number of nitrogens with zero attached hydrogens (tertiary/aromatic N) is 4. The largest absolute Gasteiger partial charge is 0.443 e. The normalized spacial score (nSPS) is 29.5. The van der Waals surface area contributed by atoms with E-state index in [1.54, 1.807) is 6.07 Å². The van der Waals surface area contributed by atoms with E-state index in [0.29, 0.717) is 35.9 Å². The molecule has 0 radical (unpaired) electrons. The zero-order valence-electron chi connectivity index (χ0n) is 18.5. The summed E-state index contributed by atoms with van der Waals surface area (Å²) in [5, 5.41) is 12.8. The number of hydrogen-bond donors (Lipinski definition) is 3. The molecule has 3 N–H and O–H groups in total. The van der Waals surface area contributed by atoms with E-state index in [9.17, 15) is 18.0 Å². The molecule has 0 spiro atoms. The molecule has 0 aliphatic heterocycles. The van der Waals surface area contributed by atoms with E-state index in [1.165, 1.54) is 22.9 Å². The zero-order valence-corrected chi connectivity index (χ0v) is 18.5. The van der Waals surface area contributed by atoms with Crippen molar-refractivity contribution in [2.75, 3.05) is 5.32 Å². The van der Waals surface area contributed by atoms with E-state index in [-0.39, 0.29) is 17.2 Å². The summed E-state index contributed by atoms with van der Waals surface area (Å²) in [6, 6.07) is 3.12. The summed E-state index contributed by atoms with van der Waals surface area (Å²) >= 11 is 0. The van der Waals surface area contributed by atoms with E-state index in [4.69, 9.17) is 4.74 Å². The number of hydrogen-bond acceptors (Lipinski definition) is 6. The van der Waals surface area contributed by atoms with Crippen molar-refractivity contribution in [2.45, 2.75) is 68.4 Å². The number of aromatic nitrogens is 5. The van der Waals surface area contributed by atoms with Gasteiger partial charge in [-0.05, 0) is 44.1 Å². The molecule has 186 valence electrons. The fraction of sp³-hybridized carbons (Fsp3) is 0.545. The highest BCUT2D eigenvalue weighted by molar-refractivity contribution is 5.69. The van der Waals surface area contributed by atoms with Crippen LogP contribution in [-0.4, -0.2) is 54.7 Å². The van der Waals surface area contributed by atoms with Gasteiger partial charge in [0.1, 0.15) is 17.9 Å². The van der Waals surface area contributed by atoms with Gasteiger partial charge < -0.3 is 15.4 Å². The van der Waals surface area contributed by atoms with Gasteiger partial charge in [0.2, 0.25) is 5.95 Å². The topological polar surface area (TPSA) is 109 Å². The van der Waals surface area contributed by atoms with Gasteiger partial charge in [0.25, 0.3) is 0 Å². The number of alkyl carbamates (subject to hydrolysis) is 1. The minimum atomic E-state index is -4.38. The number of carbonyl (C=O) groups excluding carboxylic acids is 1. The average molecular weight is 493 g/mol. The smallest absolute Gasteiger partial charge is 0.407 e. The molecule has 3 aromatic heterocycles. The molecule has 35 heavy (non-hydrogen) atoms. The Balaban J connectivity index is 1.11. The number of anilines is 2. The van der Waals surface area contributed by atoms with Crippen molar-refractivity contribution in [3.05, 3.63) is 35.9 Å². The second kappa shape index (κ2) is 7.82. The summed E-state index contributed by atoms with van der Waals surface area (Å²) in [5.74, 6) is 0.725. The number of nitrogens with one attached hydrogen (secondary N) is 3. The van der Waals surface area contributed by atoms with Crippen molar-refractivity contribution in [3.8, 4) is 0 Å². The quantitative estimate of drug-likeness (QED) is 0.445. The number of alkyl halides is 4. The van der Waals surface area contributed by atoms with Gasteiger partial charge in [0.05, 0.1) is 12.1 Å². The van der Waals surface area contributed by atoms with E-state index >= 15 is 4.39 Å².